The molecule has 0 amide bonds. The molecule has 1 heterocycles. The average molecular weight is 412 g/mol. The minimum atomic E-state index is -1.41. The van der Waals surface area contributed by atoms with Crippen molar-refractivity contribution in [3.05, 3.63) is 106 Å². The lowest BCUT2D eigenvalue weighted by atomic mass is 9.80. The third-order valence-electron chi connectivity index (χ3n) is 5.41. The Bertz CT molecular complexity index is 891. The van der Waals surface area contributed by atoms with Crippen molar-refractivity contribution in [3.8, 4) is 0 Å². The van der Waals surface area contributed by atoms with Gasteiger partial charge in [0.05, 0.1) is 13.2 Å². The largest absolute Gasteiger partial charge is 0.379 e. The summed E-state index contributed by atoms with van der Waals surface area (Å²) >= 11 is 6.04. The summed E-state index contributed by atoms with van der Waals surface area (Å²) in [5, 5.41) is 12.4. The Hall–Kier alpha value is -2.24. The molecule has 1 aliphatic heterocycles. The summed E-state index contributed by atoms with van der Waals surface area (Å²) in [4.78, 5) is 2.35. The molecule has 1 unspecified atom stereocenters. The zero-order chi connectivity index (χ0) is 20.3. The van der Waals surface area contributed by atoms with E-state index in [1.165, 1.54) is 17.7 Å². The number of rotatable bonds is 5. The fourth-order valence-corrected chi connectivity index (χ4v) is 3.88. The van der Waals surface area contributed by atoms with Gasteiger partial charge in [-0.1, -0.05) is 60.1 Å². The quantitative estimate of drug-likeness (QED) is 0.623. The van der Waals surface area contributed by atoms with Crippen LogP contribution < -0.4 is 0 Å². The SMILES string of the molecule is OC(c1ccc(F)cc1)(c1ccc(Cl)cc1)c1ccc(CN2CCOCC2)cc1. The van der Waals surface area contributed by atoms with Gasteiger partial charge >= 0.3 is 0 Å². The topological polar surface area (TPSA) is 32.7 Å². The minimum Gasteiger partial charge on any atom is -0.379 e. The predicted molar refractivity (Wildman–Crippen MR) is 112 cm³/mol. The molecular formula is C24H23ClFNO2. The van der Waals surface area contributed by atoms with E-state index >= 15 is 0 Å². The molecule has 0 saturated carbocycles. The molecule has 4 rings (SSSR count). The lowest BCUT2D eigenvalue weighted by Crippen LogP contribution is -2.35. The third-order valence-corrected chi connectivity index (χ3v) is 5.66. The van der Waals surface area contributed by atoms with Gasteiger partial charge in [-0.2, -0.15) is 0 Å². The second-order valence-electron chi connectivity index (χ2n) is 7.31. The Morgan fingerprint density at radius 1 is 0.828 bits per heavy atom. The Morgan fingerprint density at radius 2 is 1.31 bits per heavy atom. The van der Waals surface area contributed by atoms with Crippen LogP contribution in [0.5, 0.6) is 0 Å². The summed E-state index contributed by atoms with van der Waals surface area (Å²) in [5.74, 6) is -0.340. The van der Waals surface area contributed by atoms with Crippen molar-refractivity contribution in [1.29, 1.82) is 0 Å². The molecule has 29 heavy (non-hydrogen) atoms. The lowest BCUT2D eigenvalue weighted by Gasteiger charge is -2.31. The van der Waals surface area contributed by atoms with Gasteiger partial charge in [0.25, 0.3) is 0 Å². The summed E-state index contributed by atoms with van der Waals surface area (Å²) in [6.07, 6.45) is 0. The Labute approximate surface area is 175 Å². The van der Waals surface area contributed by atoms with Gasteiger partial charge in [0.15, 0.2) is 0 Å². The van der Waals surface area contributed by atoms with Gasteiger partial charge in [0.1, 0.15) is 11.4 Å². The van der Waals surface area contributed by atoms with Crippen LogP contribution in [0.3, 0.4) is 0 Å². The minimum absolute atomic E-state index is 0.340. The number of hydrogen-bond acceptors (Lipinski definition) is 3. The molecule has 0 aromatic heterocycles. The number of nitrogens with zero attached hydrogens (tertiary/aromatic N) is 1. The van der Waals surface area contributed by atoms with E-state index in [1.54, 1.807) is 36.4 Å². The molecule has 5 heteroatoms. The highest BCUT2D eigenvalue weighted by Crippen LogP contribution is 2.37. The maximum atomic E-state index is 13.5. The van der Waals surface area contributed by atoms with E-state index in [-0.39, 0.29) is 5.82 Å². The zero-order valence-corrected chi connectivity index (χ0v) is 16.8. The summed E-state index contributed by atoms with van der Waals surface area (Å²) in [6.45, 7) is 4.22. The first-order valence-electron chi connectivity index (χ1n) is 9.70. The highest BCUT2D eigenvalue weighted by molar-refractivity contribution is 6.30. The standard InChI is InChI=1S/C24H23ClFNO2/c25-22-9-5-20(6-10-22)24(28,21-7-11-23(26)12-8-21)19-3-1-18(2-4-19)17-27-13-15-29-16-14-27/h1-12,28H,13-17H2. The second-order valence-corrected chi connectivity index (χ2v) is 7.75. The fourth-order valence-electron chi connectivity index (χ4n) is 3.75. The van der Waals surface area contributed by atoms with E-state index in [0.29, 0.717) is 16.1 Å². The summed E-state index contributed by atoms with van der Waals surface area (Å²) in [5.41, 5.74) is 1.76. The van der Waals surface area contributed by atoms with E-state index in [1.807, 2.05) is 24.3 Å². The van der Waals surface area contributed by atoms with Crippen LogP contribution in [0.4, 0.5) is 4.39 Å². The van der Waals surface area contributed by atoms with Crippen molar-refractivity contribution in [3.63, 3.8) is 0 Å². The Morgan fingerprint density at radius 3 is 1.86 bits per heavy atom. The first-order chi connectivity index (χ1) is 14.1. The zero-order valence-electron chi connectivity index (χ0n) is 16.0. The van der Waals surface area contributed by atoms with E-state index < -0.39 is 5.60 Å². The van der Waals surface area contributed by atoms with Gasteiger partial charge in [0.2, 0.25) is 0 Å². The maximum absolute atomic E-state index is 13.5. The van der Waals surface area contributed by atoms with Crippen LogP contribution in [-0.4, -0.2) is 36.3 Å². The number of ether oxygens (including phenoxy) is 1. The fraction of sp³-hybridized carbons (Fsp3) is 0.250. The van der Waals surface area contributed by atoms with Crippen LogP contribution >= 0.6 is 11.6 Å². The van der Waals surface area contributed by atoms with Crippen molar-refractivity contribution >= 4 is 11.6 Å². The number of hydrogen-bond donors (Lipinski definition) is 1. The molecule has 150 valence electrons. The Kier molecular flexibility index (Phi) is 5.97. The average Bonchev–Trinajstić information content (AvgIpc) is 2.75. The van der Waals surface area contributed by atoms with Crippen LogP contribution in [0.15, 0.2) is 72.8 Å². The molecule has 1 fully saturated rings. The van der Waals surface area contributed by atoms with Crippen LogP contribution in [0.25, 0.3) is 0 Å². The van der Waals surface area contributed by atoms with Gasteiger partial charge in [-0.15, -0.1) is 0 Å². The lowest BCUT2D eigenvalue weighted by molar-refractivity contribution is 0.0342. The van der Waals surface area contributed by atoms with Crippen LogP contribution in [-0.2, 0) is 16.9 Å². The van der Waals surface area contributed by atoms with E-state index in [9.17, 15) is 9.50 Å². The summed E-state index contributed by atoms with van der Waals surface area (Å²) in [6, 6.07) is 21.0. The van der Waals surface area contributed by atoms with Crippen LogP contribution in [0.1, 0.15) is 22.3 Å². The van der Waals surface area contributed by atoms with Gasteiger partial charge in [0, 0.05) is 24.7 Å². The normalized spacial score (nSPS) is 17.1. The first kappa shape index (κ1) is 20.0. The third kappa shape index (κ3) is 4.36. The first-order valence-corrected chi connectivity index (χ1v) is 10.1. The molecule has 0 spiro atoms. The summed E-state index contributed by atoms with van der Waals surface area (Å²) < 4.78 is 18.9. The molecule has 1 aliphatic rings. The van der Waals surface area contributed by atoms with Crippen molar-refractivity contribution in [2.45, 2.75) is 12.1 Å². The molecule has 1 saturated heterocycles. The molecule has 0 aliphatic carbocycles. The smallest absolute Gasteiger partial charge is 0.140 e. The molecular weight excluding hydrogens is 389 g/mol. The molecule has 1 atom stereocenters. The second kappa shape index (κ2) is 8.64. The highest BCUT2D eigenvalue weighted by atomic mass is 35.5. The number of morpholine rings is 1. The molecule has 3 nitrogen and oxygen atoms in total. The monoisotopic (exact) mass is 411 g/mol. The van der Waals surface area contributed by atoms with Crippen molar-refractivity contribution in [2.24, 2.45) is 0 Å². The van der Waals surface area contributed by atoms with Crippen LogP contribution in [0, 0.1) is 5.82 Å². The van der Waals surface area contributed by atoms with Crippen LogP contribution in [0.2, 0.25) is 5.02 Å². The molecule has 3 aromatic carbocycles. The maximum Gasteiger partial charge on any atom is 0.140 e. The molecule has 0 radical (unpaired) electrons. The highest BCUT2D eigenvalue weighted by Gasteiger charge is 2.33. The van der Waals surface area contributed by atoms with Crippen molar-refractivity contribution < 1.29 is 14.2 Å². The van der Waals surface area contributed by atoms with Crippen molar-refractivity contribution in [1.82, 2.24) is 4.90 Å². The van der Waals surface area contributed by atoms with E-state index in [4.69, 9.17) is 16.3 Å². The summed E-state index contributed by atoms with van der Waals surface area (Å²) in [7, 11) is 0. The van der Waals surface area contributed by atoms with E-state index in [0.717, 1.165) is 38.4 Å². The van der Waals surface area contributed by atoms with Gasteiger partial charge in [-0.25, -0.2) is 4.39 Å². The van der Waals surface area contributed by atoms with Gasteiger partial charge in [-0.05, 0) is 46.5 Å². The number of benzene rings is 3. The molecule has 0 bridgehead atoms. The van der Waals surface area contributed by atoms with E-state index in [2.05, 4.69) is 4.90 Å². The number of halogens is 2. The number of aliphatic hydroxyl groups is 1. The van der Waals surface area contributed by atoms with Crippen molar-refractivity contribution in [2.75, 3.05) is 26.3 Å². The van der Waals surface area contributed by atoms with Gasteiger partial charge in [-0.3, -0.25) is 4.90 Å². The van der Waals surface area contributed by atoms with Gasteiger partial charge < -0.3 is 9.84 Å². The Balaban J connectivity index is 1.69. The predicted octanol–water partition coefficient (Wildman–Crippen LogP) is 4.60. The molecule has 1 N–H and O–H groups in total. The molecule has 3 aromatic rings.